The summed E-state index contributed by atoms with van der Waals surface area (Å²) < 4.78 is 16.1. The van der Waals surface area contributed by atoms with Gasteiger partial charge in [-0.15, -0.1) is 0 Å². The van der Waals surface area contributed by atoms with E-state index >= 15 is 0 Å². The number of aliphatic hydroxyl groups is 1. The van der Waals surface area contributed by atoms with Crippen molar-refractivity contribution in [3.63, 3.8) is 0 Å². The topological polar surface area (TPSA) is 121 Å². The second-order valence-corrected chi connectivity index (χ2v) is 9.10. The van der Waals surface area contributed by atoms with E-state index in [4.69, 9.17) is 14.2 Å². The van der Waals surface area contributed by atoms with E-state index in [0.29, 0.717) is 41.3 Å². The van der Waals surface area contributed by atoms with Crippen molar-refractivity contribution in [2.24, 2.45) is 0 Å². The molecule has 2 heterocycles. The zero-order valence-corrected chi connectivity index (χ0v) is 22.4. The fourth-order valence-electron chi connectivity index (χ4n) is 4.69. The summed E-state index contributed by atoms with van der Waals surface area (Å²) in [6.45, 7) is 6.19. The summed E-state index contributed by atoms with van der Waals surface area (Å²) >= 11 is 0. The van der Waals surface area contributed by atoms with Crippen LogP contribution in [0.25, 0.3) is 5.76 Å². The number of ether oxygens (including phenoxy) is 3. The van der Waals surface area contributed by atoms with E-state index in [2.05, 4.69) is 4.98 Å². The Bertz CT molecular complexity index is 1230. The fourth-order valence-corrected chi connectivity index (χ4v) is 4.69. The monoisotopic (exact) mass is 513 g/mol. The van der Waals surface area contributed by atoms with Crippen molar-refractivity contribution in [3.8, 4) is 11.5 Å². The number of H-pyrrole nitrogens is 1. The van der Waals surface area contributed by atoms with E-state index < -0.39 is 23.7 Å². The number of benzene rings is 1. The van der Waals surface area contributed by atoms with Gasteiger partial charge >= 0.3 is 5.97 Å². The molecule has 200 valence electrons. The van der Waals surface area contributed by atoms with E-state index in [1.165, 1.54) is 19.1 Å². The molecule has 1 aliphatic heterocycles. The average molecular weight is 514 g/mol. The van der Waals surface area contributed by atoms with Gasteiger partial charge in [0, 0.05) is 23.4 Å². The molecule has 1 aromatic carbocycles. The predicted octanol–water partition coefficient (Wildman–Crippen LogP) is 3.20. The molecule has 1 unspecified atom stereocenters. The van der Waals surface area contributed by atoms with Crippen molar-refractivity contribution in [3.05, 3.63) is 51.9 Å². The van der Waals surface area contributed by atoms with Crippen LogP contribution in [-0.2, 0) is 14.3 Å². The van der Waals surface area contributed by atoms with Crippen LogP contribution in [0.2, 0.25) is 0 Å². The molecule has 10 heteroatoms. The Hall–Kier alpha value is -3.79. The molecule has 0 radical (unpaired) electrons. The van der Waals surface area contributed by atoms with Gasteiger partial charge in [-0.25, -0.2) is 4.79 Å². The van der Waals surface area contributed by atoms with Crippen LogP contribution in [0.15, 0.2) is 23.8 Å². The highest BCUT2D eigenvalue weighted by Gasteiger charge is 2.47. The number of nitrogens with one attached hydrogen (secondary N) is 1. The number of ketones is 1. The highest BCUT2D eigenvalue weighted by molar-refractivity contribution is 6.46. The molecule has 0 bridgehead atoms. The molecule has 37 heavy (non-hydrogen) atoms. The van der Waals surface area contributed by atoms with E-state index in [0.717, 1.165) is 0 Å². The number of hydrogen-bond acceptors (Lipinski definition) is 8. The van der Waals surface area contributed by atoms with Crippen molar-refractivity contribution in [2.45, 2.75) is 33.2 Å². The van der Waals surface area contributed by atoms with Crippen LogP contribution in [0, 0.1) is 13.8 Å². The molecule has 1 atom stereocenters. The van der Waals surface area contributed by atoms with Crippen molar-refractivity contribution >= 4 is 23.4 Å². The van der Waals surface area contributed by atoms with Crippen LogP contribution >= 0.6 is 0 Å². The number of carbonyl (C=O) groups excluding carboxylic acids is 3. The summed E-state index contributed by atoms with van der Waals surface area (Å²) in [5, 5.41) is 11.6. The quantitative estimate of drug-likeness (QED) is 0.215. The van der Waals surface area contributed by atoms with Crippen LogP contribution in [0.5, 0.6) is 11.5 Å². The third kappa shape index (κ3) is 5.34. The van der Waals surface area contributed by atoms with E-state index in [-0.39, 0.29) is 35.7 Å². The Morgan fingerprint density at radius 1 is 1.16 bits per heavy atom. The first kappa shape index (κ1) is 27.8. The molecule has 10 nitrogen and oxygen atoms in total. The maximum absolute atomic E-state index is 13.4. The van der Waals surface area contributed by atoms with Gasteiger partial charge in [0.15, 0.2) is 0 Å². The van der Waals surface area contributed by atoms with Crippen LogP contribution in [0.1, 0.15) is 52.3 Å². The summed E-state index contributed by atoms with van der Waals surface area (Å²) in [4.78, 5) is 45.6. The normalized spacial score (nSPS) is 17.0. The zero-order valence-electron chi connectivity index (χ0n) is 22.4. The van der Waals surface area contributed by atoms with Crippen molar-refractivity contribution in [1.29, 1.82) is 0 Å². The summed E-state index contributed by atoms with van der Waals surface area (Å²) in [5.74, 6) is -1.52. The van der Waals surface area contributed by atoms with Gasteiger partial charge in [0.05, 0.1) is 32.4 Å². The Labute approximate surface area is 216 Å². The molecule has 1 saturated heterocycles. The lowest BCUT2D eigenvalue weighted by Crippen LogP contribution is -2.32. The molecular weight excluding hydrogens is 478 g/mol. The van der Waals surface area contributed by atoms with Crippen LogP contribution in [-0.4, -0.2) is 85.6 Å². The second-order valence-electron chi connectivity index (χ2n) is 9.10. The molecule has 0 aliphatic carbocycles. The summed E-state index contributed by atoms with van der Waals surface area (Å²) in [5.41, 5.74) is 1.76. The molecule has 0 saturated carbocycles. The second kappa shape index (κ2) is 11.5. The van der Waals surface area contributed by atoms with Gasteiger partial charge in [0.2, 0.25) is 0 Å². The number of hydrogen-bond donors (Lipinski definition) is 2. The number of carbonyl (C=O) groups is 3. The minimum absolute atomic E-state index is 0.0815. The zero-order chi connectivity index (χ0) is 27.4. The molecule has 1 aromatic heterocycles. The number of rotatable bonds is 10. The molecule has 0 spiro atoms. The summed E-state index contributed by atoms with van der Waals surface area (Å²) in [6.07, 6.45) is 0.609. The Balaban J connectivity index is 2.25. The highest BCUT2D eigenvalue weighted by atomic mass is 16.5. The average Bonchev–Trinajstić information content (AvgIpc) is 3.30. The third-order valence-electron chi connectivity index (χ3n) is 6.43. The number of amides is 1. The number of Topliss-reactive ketones (excluding diaryl/α,β-unsaturated/α-hetero) is 1. The first-order chi connectivity index (χ1) is 17.6. The first-order valence-electron chi connectivity index (χ1n) is 12.1. The Morgan fingerprint density at radius 3 is 2.46 bits per heavy atom. The van der Waals surface area contributed by atoms with Gasteiger partial charge in [0.1, 0.15) is 23.0 Å². The van der Waals surface area contributed by atoms with E-state index in [9.17, 15) is 19.5 Å². The van der Waals surface area contributed by atoms with Gasteiger partial charge in [-0.1, -0.05) is 0 Å². The van der Waals surface area contributed by atoms with E-state index in [1.54, 1.807) is 39.0 Å². The summed E-state index contributed by atoms with van der Waals surface area (Å²) in [6, 6.07) is 4.18. The van der Waals surface area contributed by atoms with Crippen LogP contribution in [0.3, 0.4) is 0 Å². The number of aliphatic hydroxyl groups excluding tert-OH is 1. The maximum Gasteiger partial charge on any atom is 0.355 e. The minimum atomic E-state index is -0.924. The number of aromatic nitrogens is 1. The lowest BCUT2D eigenvalue weighted by molar-refractivity contribution is -0.140. The third-order valence-corrected chi connectivity index (χ3v) is 6.43. The maximum atomic E-state index is 13.4. The van der Waals surface area contributed by atoms with Crippen molar-refractivity contribution in [2.75, 3.05) is 48.0 Å². The lowest BCUT2D eigenvalue weighted by Gasteiger charge is -2.27. The fraction of sp³-hybridized carbons (Fsp3) is 0.444. The first-order valence-corrected chi connectivity index (χ1v) is 12.1. The summed E-state index contributed by atoms with van der Waals surface area (Å²) in [7, 11) is 6.86. The van der Waals surface area contributed by atoms with Gasteiger partial charge in [-0.2, -0.15) is 0 Å². The van der Waals surface area contributed by atoms with Gasteiger partial charge in [-0.05, 0) is 71.6 Å². The van der Waals surface area contributed by atoms with Gasteiger partial charge in [-0.3, -0.25) is 9.59 Å². The van der Waals surface area contributed by atoms with Crippen molar-refractivity contribution in [1.82, 2.24) is 14.8 Å². The molecule has 1 aliphatic rings. The number of likely N-dealkylation sites (tertiary alicyclic amines) is 1. The number of methoxy groups -OCH3 is 2. The minimum Gasteiger partial charge on any atom is -0.507 e. The van der Waals surface area contributed by atoms with Gasteiger partial charge in [0.25, 0.3) is 11.7 Å². The smallest absolute Gasteiger partial charge is 0.355 e. The lowest BCUT2D eigenvalue weighted by atomic mass is 9.93. The molecule has 3 rings (SSSR count). The van der Waals surface area contributed by atoms with Crippen LogP contribution in [0.4, 0.5) is 0 Å². The number of nitrogens with zero attached hydrogens (tertiary/aromatic N) is 2. The predicted molar refractivity (Wildman–Crippen MR) is 138 cm³/mol. The van der Waals surface area contributed by atoms with Gasteiger partial charge < -0.3 is 34.1 Å². The highest BCUT2D eigenvalue weighted by Crippen LogP contribution is 2.44. The largest absolute Gasteiger partial charge is 0.507 e. The Kier molecular flexibility index (Phi) is 8.65. The molecule has 1 fully saturated rings. The number of aryl methyl sites for hydroxylation is 1. The Morgan fingerprint density at radius 2 is 1.86 bits per heavy atom. The number of aromatic amines is 1. The standard InChI is InChI=1S/C27H35N3O7/c1-8-37-27(34)22-15(2)20(16(3)28-22)24(31)21-23(18-14-17(35-6)10-11-19(18)36-7)30(26(33)25(21)32)13-9-12-29(4)5/h10-11,14,23,28,31H,8-9,12-13H2,1-7H3/b24-21+. The molecule has 1 amide bonds. The SMILES string of the molecule is CCOC(=O)c1[nH]c(C)c(/C(O)=C2\C(=O)C(=O)N(CCCN(C)C)C2c2cc(OC)ccc2OC)c1C. The molecule has 2 aromatic rings. The molecular formula is C27H35N3O7. The van der Waals surface area contributed by atoms with Crippen molar-refractivity contribution < 1.29 is 33.7 Å². The number of esters is 1. The van der Waals surface area contributed by atoms with Crippen LogP contribution < -0.4 is 9.47 Å². The molecule has 2 N–H and O–H groups in total. The van der Waals surface area contributed by atoms with E-state index in [1.807, 2.05) is 19.0 Å².